The maximum absolute atomic E-state index is 11.9. The Morgan fingerprint density at radius 3 is 1.62 bits per heavy atom. The van der Waals surface area contributed by atoms with E-state index in [0.29, 0.717) is 16.7 Å². The molecule has 1 atom stereocenters. The van der Waals surface area contributed by atoms with Crippen LogP contribution in [-0.4, -0.2) is 20.5 Å². The quantitative estimate of drug-likeness (QED) is 0.312. The van der Waals surface area contributed by atoms with Gasteiger partial charge in [-0.15, -0.1) is 0 Å². The lowest BCUT2D eigenvalue weighted by molar-refractivity contribution is 0.0747. The Morgan fingerprint density at radius 2 is 1.19 bits per heavy atom. The highest BCUT2D eigenvalue weighted by Crippen LogP contribution is 2.31. The molecule has 0 aromatic heterocycles. The summed E-state index contributed by atoms with van der Waals surface area (Å²) in [6.07, 6.45) is -1.08. The minimum Gasteiger partial charge on any atom is -0.380 e. The van der Waals surface area contributed by atoms with E-state index in [1.807, 2.05) is 24.3 Å². The van der Waals surface area contributed by atoms with Crippen LogP contribution in [0.25, 0.3) is 0 Å². The summed E-state index contributed by atoms with van der Waals surface area (Å²) >= 11 is 16.6. The van der Waals surface area contributed by atoms with E-state index in [-0.39, 0.29) is 11.2 Å². The number of carbonyl (C=O) groups is 2. The van der Waals surface area contributed by atoms with Crippen molar-refractivity contribution < 1.29 is 14.7 Å². The zero-order chi connectivity index (χ0) is 23.9. The molecule has 6 heteroatoms. The third-order valence-electron chi connectivity index (χ3n) is 4.69. The van der Waals surface area contributed by atoms with Crippen molar-refractivity contribution >= 4 is 46.4 Å². The third-order valence-corrected chi connectivity index (χ3v) is 5.21. The summed E-state index contributed by atoms with van der Waals surface area (Å²) in [5, 5.41) is 9.89. The standard InChI is InChI=1S/C14H12O2.C12H13Cl3O/c15-13(11-7-3-1-4-8-11)14(16)12-9-5-2-6-10-12;1-11(2,3)9-6-4-8(5-7-9)10(16)12(13,14)15/h1-10,13,15H;4-7H,1-3H3. The fourth-order valence-corrected chi connectivity index (χ4v) is 3.16. The Morgan fingerprint density at radius 1 is 0.719 bits per heavy atom. The summed E-state index contributed by atoms with van der Waals surface area (Å²) in [6.45, 7) is 6.29. The summed E-state index contributed by atoms with van der Waals surface area (Å²) in [5.41, 5.74) is 2.73. The molecule has 3 aromatic rings. The Labute approximate surface area is 203 Å². The topological polar surface area (TPSA) is 54.4 Å². The molecule has 3 nitrogen and oxygen atoms in total. The fraction of sp³-hybridized carbons (Fsp3) is 0.231. The van der Waals surface area contributed by atoms with Gasteiger partial charge in [0, 0.05) is 11.1 Å². The van der Waals surface area contributed by atoms with Crippen LogP contribution in [0.1, 0.15) is 58.7 Å². The van der Waals surface area contributed by atoms with Crippen molar-refractivity contribution in [3.05, 3.63) is 107 Å². The van der Waals surface area contributed by atoms with E-state index < -0.39 is 15.7 Å². The summed E-state index contributed by atoms with van der Waals surface area (Å²) in [5.74, 6) is -0.773. The molecule has 1 unspecified atom stereocenters. The molecule has 168 valence electrons. The largest absolute Gasteiger partial charge is 0.380 e. The molecule has 0 bridgehead atoms. The maximum Gasteiger partial charge on any atom is 0.253 e. The number of rotatable bonds is 4. The van der Waals surface area contributed by atoms with Crippen LogP contribution in [-0.2, 0) is 5.41 Å². The maximum atomic E-state index is 11.9. The number of hydrogen-bond donors (Lipinski definition) is 1. The molecule has 0 radical (unpaired) electrons. The fourth-order valence-electron chi connectivity index (χ4n) is 2.83. The molecule has 3 rings (SSSR count). The van der Waals surface area contributed by atoms with Gasteiger partial charge in [-0.05, 0) is 16.5 Å². The lowest BCUT2D eigenvalue weighted by atomic mass is 9.86. The normalized spacial score (nSPS) is 12.3. The van der Waals surface area contributed by atoms with E-state index in [4.69, 9.17) is 34.8 Å². The van der Waals surface area contributed by atoms with Gasteiger partial charge in [0.2, 0.25) is 5.78 Å². The van der Waals surface area contributed by atoms with E-state index in [9.17, 15) is 14.7 Å². The first kappa shape index (κ1) is 26.1. The number of hydrogen-bond acceptors (Lipinski definition) is 3. The number of aliphatic hydroxyl groups is 1. The van der Waals surface area contributed by atoms with Gasteiger partial charge in [0.1, 0.15) is 6.10 Å². The van der Waals surface area contributed by atoms with Crippen LogP contribution < -0.4 is 0 Å². The van der Waals surface area contributed by atoms with Crippen LogP contribution in [0.3, 0.4) is 0 Å². The molecule has 32 heavy (non-hydrogen) atoms. The lowest BCUT2D eigenvalue weighted by Crippen LogP contribution is -2.19. The summed E-state index contributed by atoms with van der Waals surface area (Å²) in [7, 11) is 0. The molecule has 3 aromatic carbocycles. The highest BCUT2D eigenvalue weighted by atomic mass is 35.6. The Hall–Kier alpha value is -2.17. The summed E-state index contributed by atoms with van der Waals surface area (Å²) < 4.78 is -1.89. The van der Waals surface area contributed by atoms with Crippen LogP contribution in [0.15, 0.2) is 84.9 Å². The van der Waals surface area contributed by atoms with Crippen molar-refractivity contribution in [2.45, 2.75) is 36.1 Å². The van der Waals surface area contributed by atoms with E-state index >= 15 is 0 Å². The van der Waals surface area contributed by atoms with Crippen LogP contribution in [0, 0.1) is 0 Å². The van der Waals surface area contributed by atoms with E-state index in [0.717, 1.165) is 5.56 Å². The van der Waals surface area contributed by atoms with Gasteiger partial charge >= 0.3 is 0 Å². The molecule has 0 saturated heterocycles. The minimum absolute atomic E-state index is 0.0432. The second-order valence-electron chi connectivity index (χ2n) is 8.20. The molecule has 0 saturated carbocycles. The van der Waals surface area contributed by atoms with Crippen molar-refractivity contribution in [2.24, 2.45) is 0 Å². The van der Waals surface area contributed by atoms with E-state index in [2.05, 4.69) is 20.8 Å². The van der Waals surface area contributed by atoms with Gasteiger partial charge in [-0.1, -0.05) is 141 Å². The second-order valence-corrected chi connectivity index (χ2v) is 10.5. The Balaban J connectivity index is 0.000000227. The van der Waals surface area contributed by atoms with Crippen molar-refractivity contribution in [3.63, 3.8) is 0 Å². The number of halogens is 3. The highest BCUT2D eigenvalue weighted by molar-refractivity contribution is 6.77. The smallest absolute Gasteiger partial charge is 0.253 e. The molecule has 0 amide bonds. The van der Waals surface area contributed by atoms with Crippen LogP contribution in [0.2, 0.25) is 0 Å². The number of carbonyl (C=O) groups excluding carboxylic acids is 2. The minimum atomic E-state index is -1.89. The monoisotopic (exact) mass is 490 g/mol. The zero-order valence-electron chi connectivity index (χ0n) is 18.1. The predicted molar refractivity (Wildman–Crippen MR) is 132 cm³/mol. The molecule has 0 spiro atoms. The molecule has 0 fully saturated rings. The zero-order valence-corrected chi connectivity index (χ0v) is 20.3. The molecular formula is C26H25Cl3O3. The van der Waals surface area contributed by atoms with E-state index in [1.54, 1.807) is 60.7 Å². The Bertz CT molecular complexity index is 1020. The first-order valence-electron chi connectivity index (χ1n) is 9.95. The van der Waals surface area contributed by atoms with Gasteiger partial charge in [-0.25, -0.2) is 0 Å². The van der Waals surface area contributed by atoms with Crippen LogP contribution >= 0.6 is 34.8 Å². The van der Waals surface area contributed by atoms with Gasteiger partial charge < -0.3 is 5.11 Å². The number of Topliss-reactive ketones (excluding diaryl/α,β-unsaturated/α-hetero) is 2. The molecule has 0 heterocycles. The second kappa shape index (κ2) is 11.1. The van der Waals surface area contributed by atoms with Crippen molar-refractivity contribution in [1.29, 1.82) is 0 Å². The Kier molecular flexibility index (Phi) is 9.06. The molecule has 0 aliphatic rings. The number of ketones is 2. The lowest BCUT2D eigenvalue weighted by Gasteiger charge is -2.19. The first-order chi connectivity index (χ1) is 14.9. The van der Waals surface area contributed by atoms with Gasteiger partial charge in [-0.3, -0.25) is 9.59 Å². The van der Waals surface area contributed by atoms with Gasteiger partial charge in [0.25, 0.3) is 3.79 Å². The van der Waals surface area contributed by atoms with Crippen molar-refractivity contribution in [1.82, 2.24) is 0 Å². The molecule has 1 N–H and O–H groups in total. The summed E-state index contributed by atoms with van der Waals surface area (Å²) in [6, 6.07) is 24.9. The van der Waals surface area contributed by atoms with Crippen LogP contribution in [0.4, 0.5) is 0 Å². The van der Waals surface area contributed by atoms with Gasteiger partial charge in [0.15, 0.2) is 5.78 Å². The molecular weight excluding hydrogens is 467 g/mol. The number of benzene rings is 3. The van der Waals surface area contributed by atoms with Crippen LogP contribution in [0.5, 0.6) is 0 Å². The average molecular weight is 492 g/mol. The summed E-state index contributed by atoms with van der Waals surface area (Å²) in [4.78, 5) is 23.5. The van der Waals surface area contributed by atoms with Crippen molar-refractivity contribution in [2.75, 3.05) is 0 Å². The number of aliphatic hydroxyl groups excluding tert-OH is 1. The first-order valence-corrected chi connectivity index (χ1v) is 11.1. The van der Waals surface area contributed by atoms with Gasteiger partial charge in [0.05, 0.1) is 0 Å². The number of alkyl halides is 3. The van der Waals surface area contributed by atoms with Gasteiger partial charge in [-0.2, -0.15) is 0 Å². The molecule has 0 aliphatic carbocycles. The highest BCUT2D eigenvalue weighted by Gasteiger charge is 2.31. The SMILES string of the molecule is CC(C)(C)c1ccc(C(=O)C(Cl)(Cl)Cl)cc1.O=C(c1ccccc1)C(O)c1ccccc1. The van der Waals surface area contributed by atoms with Crippen molar-refractivity contribution in [3.8, 4) is 0 Å². The molecule has 0 aliphatic heterocycles. The predicted octanol–water partition coefficient (Wildman–Crippen LogP) is 7.14. The third kappa shape index (κ3) is 7.46. The average Bonchev–Trinajstić information content (AvgIpc) is 2.78. The van der Waals surface area contributed by atoms with E-state index in [1.165, 1.54) is 0 Å².